The number of benzene rings is 1. The van der Waals surface area contributed by atoms with Gasteiger partial charge in [-0.05, 0) is 43.5 Å². The topological polar surface area (TPSA) is 69.7 Å². The van der Waals surface area contributed by atoms with Crippen molar-refractivity contribution in [1.29, 1.82) is 0 Å². The van der Waals surface area contributed by atoms with Crippen LogP contribution >= 0.6 is 15.9 Å². The van der Waals surface area contributed by atoms with Gasteiger partial charge in [-0.3, -0.25) is 9.69 Å². The Labute approximate surface area is 170 Å². The minimum atomic E-state index is -3.49. The second-order valence-corrected chi connectivity index (χ2v) is 10.3. The monoisotopic (exact) mass is 457 g/mol. The third-order valence-corrected chi connectivity index (χ3v) is 8.22. The Hall–Kier alpha value is -0.960. The number of carbonyl (C=O) groups excluding carboxylic acids is 1. The Bertz CT molecular complexity index is 770. The van der Waals surface area contributed by atoms with E-state index in [1.54, 1.807) is 18.2 Å². The van der Waals surface area contributed by atoms with Gasteiger partial charge in [0.05, 0.1) is 11.4 Å². The van der Waals surface area contributed by atoms with E-state index in [1.165, 1.54) is 23.6 Å². The smallest absolute Gasteiger partial charge is 0.243 e. The normalized spacial score (nSPS) is 20.5. The Morgan fingerprint density at radius 3 is 2.44 bits per heavy atom. The fourth-order valence-corrected chi connectivity index (χ4v) is 5.53. The molecule has 0 atom stereocenters. The quantitative estimate of drug-likeness (QED) is 0.737. The lowest BCUT2D eigenvalue weighted by Crippen LogP contribution is -2.51. The minimum Gasteiger partial charge on any atom is -0.352 e. The number of rotatable bonds is 5. The van der Waals surface area contributed by atoms with Crippen molar-refractivity contribution < 1.29 is 13.2 Å². The number of nitrogens with one attached hydrogen (secondary N) is 1. The lowest BCUT2D eigenvalue weighted by Gasteiger charge is -2.34. The number of amides is 1. The summed E-state index contributed by atoms with van der Waals surface area (Å²) < 4.78 is 28.1. The predicted octanol–water partition coefficient (Wildman–Crippen LogP) is 2.51. The van der Waals surface area contributed by atoms with Crippen molar-refractivity contribution in [2.45, 2.75) is 50.0 Å². The van der Waals surface area contributed by atoms with E-state index in [4.69, 9.17) is 0 Å². The van der Waals surface area contributed by atoms with Crippen LogP contribution in [0.15, 0.2) is 27.6 Å². The van der Waals surface area contributed by atoms with Crippen molar-refractivity contribution in [3.05, 3.63) is 28.2 Å². The summed E-state index contributed by atoms with van der Waals surface area (Å²) in [4.78, 5) is 14.6. The van der Waals surface area contributed by atoms with Gasteiger partial charge in [0.25, 0.3) is 0 Å². The SMILES string of the molecule is Cc1cc(S(=O)(=O)N2CCN(CC(=O)NC3CCCCC3)CC2)ccc1Br. The standard InChI is InChI=1S/C19H28BrN3O3S/c1-15-13-17(7-8-18(15)20)27(25,26)23-11-9-22(10-12-23)14-19(24)21-16-5-3-2-4-6-16/h7-8,13,16H,2-6,9-12,14H2,1H3,(H,21,24). The summed E-state index contributed by atoms with van der Waals surface area (Å²) in [7, 11) is -3.49. The van der Waals surface area contributed by atoms with E-state index in [-0.39, 0.29) is 5.91 Å². The van der Waals surface area contributed by atoms with E-state index in [0.717, 1.165) is 22.9 Å². The van der Waals surface area contributed by atoms with Gasteiger partial charge in [-0.15, -0.1) is 0 Å². The van der Waals surface area contributed by atoms with Gasteiger partial charge in [0.2, 0.25) is 15.9 Å². The molecule has 1 aromatic carbocycles. The zero-order valence-electron chi connectivity index (χ0n) is 15.8. The molecule has 1 saturated carbocycles. The summed E-state index contributed by atoms with van der Waals surface area (Å²) in [5.41, 5.74) is 0.897. The van der Waals surface area contributed by atoms with E-state index in [2.05, 4.69) is 21.2 Å². The molecule has 0 aromatic heterocycles. The number of nitrogens with zero attached hydrogens (tertiary/aromatic N) is 2. The number of sulfonamides is 1. The summed E-state index contributed by atoms with van der Waals surface area (Å²) in [5.74, 6) is 0.0572. The van der Waals surface area contributed by atoms with Crippen LogP contribution in [0.2, 0.25) is 0 Å². The molecule has 6 nitrogen and oxygen atoms in total. The molecule has 1 aromatic rings. The summed E-state index contributed by atoms with van der Waals surface area (Å²) in [6.07, 6.45) is 5.80. The summed E-state index contributed by atoms with van der Waals surface area (Å²) in [5, 5.41) is 3.13. The molecule has 0 spiro atoms. The zero-order chi connectivity index (χ0) is 19.4. The predicted molar refractivity (Wildman–Crippen MR) is 109 cm³/mol. The van der Waals surface area contributed by atoms with Crippen LogP contribution in [-0.4, -0.2) is 62.3 Å². The van der Waals surface area contributed by atoms with E-state index >= 15 is 0 Å². The molecule has 1 saturated heterocycles. The fourth-order valence-electron chi connectivity index (χ4n) is 3.78. The third-order valence-electron chi connectivity index (χ3n) is 5.44. The minimum absolute atomic E-state index is 0.0572. The van der Waals surface area contributed by atoms with Crippen LogP contribution in [0.3, 0.4) is 0 Å². The summed E-state index contributed by atoms with van der Waals surface area (Å²) in [6, 6.07) is 5.42. The Morgan fingerprint density at radius 2 is 1.81 bits per heavy atom. The number of aryl methyl sites for hydroxylation is 1. The maximum Gasteiger partial charge on any atom is 0.243 e. The number of hydrogen-bond donors (Lipinski definition) is 1. The summed E-state index contributed by atoms with van der Waals surface area (Å²) >= 11 is 3.41. The maximum absolute atomic E-state index is 12.9. The third kappa shape index (κ3) is 5.31. The van der Waals surface area contributed by atoms with Crippen LogP contribution in [-0.2, 0) is 14.8 Å². The molecule has 150 valence electrons. The molecule has 27 heavy (non-hydrogen) atoms. The first-order chi connectivity index (χ1) is 12.9. The second kappa shape index (κ2) is 9.03. The fraction of sp³-hybridized carbons (Fsp3) is 0.632. The Morgan fingerprint density at radius 1 is 1.15 bits per heavy atom. The van der Waals surface area contributed by atoms with Crippen LogP contribution in [0.25, 0.3) is 0 Å². The molecule has 1 aliphatic carbocycles. The highest BCUT2D eigenvalue weighted by molar-refractivity contribution is 9.10. The Balaban J connectivity index is 1.51. The first-order valence-electron chi connectivity index (χ1n) is 9.64. The average Bonchev–Trinajstić information content (AvgIpc) is 2.65. The van der Waals surface area contributed by atoms with Gasteiger partial charge in [-0.1, -0.05) is 35.2 Å². The molecule has 2 aliphatic rings. The molecule has 0 radical (unpaired) electrons. The number of hydrogen-bond acceptors (Lipinski definition) is 4. The lowest BCUT2D eigenvalue weighted by atomic mass is 9.95. The number of halogens is 1. The van der Waals surface area contributed by atoms with Gasteiger partial charge >= 0.3 is 0 Å². The van der Waals surface area contributed by atoms with Gasteiger partial charge in [0.1, 0.15) is 0 Å². The highest BCUT2D eigenvalue weighted by Crippen LogP contribution is 2.23. The zero-order valence-corrected chi connectivity index (χ0v) is 18.2. The molecule has 0 unspecified atom stereocenters. The van der Waals surface area contributed by atoms with E-state index < -0.39 is 10.0 Å². The van der Waals surface area contributed by atoms with Gasteiger partial charge in [0.15, 0.2) is 0 Å². The lowest BCUT2D eigenvalue weighted by molar-refractivity contribution is -0.123. The van der Waals surface area contributed by atoms with Gasteiger partial charge in [-0.25, -0.2) is 8.42 Å². The largest absolute Gasteiger partial charge is 0.352 e. The first-order valence-corrected chi connectivity index (χ1v) is 11.9. The van der Waals surface area contributed by atoms with Crippen molar-refractivity contribution in [3.8, 4) is 0 Å². The highest BCUT2D eigenvalue weighted by atomic mass is 79.9. The second-order valence-electron chi connectivity index (χ2n) is 7.49. The maximum atomic E-state index is 12.9. The van der Waals surface area contributed by atoms with E-state index in [0.29, 0.717) is 43.7 Å². The van der Waals surface area contributed by atoms with Crippen molar-refractivity contribution >= 4 is 31.9 Å². The Kier molecular flexibility index (Phi) is 6.94. The van der Waals surface area contributed by atoms with Crippen LogP contribution in [0.4, 0.5) is 0 Å². The molecule has 3 rings (SSSR count). The first kappa shape index (κ1) is 20.8. The van der Waals surface area contributed by atoms with Crippen LogP contribution in [0.1, 0.15) is 37.7 Å². The van der Waals surface area contributed by atoms with Gasteiger partial charge in [-0.2, -0.15) is 4.31 Å². The molecule has 0 bridgehead atoms. The van der Waals surface area contributed by atoms with E-state index in [9.17, 15) is 13.2 Å². The van der Waals surface area contributed by atoms with Crippen molar-refractivity contribution in [2.75, 3.05) is 32.7 Å². The van der Waals surface area contributed by atoms with Gasteiger partial charge in [0, 0.05) is 36.7 Å². The molecule has 1 N–H and O–H groups in total. The molecular formula is C19H28BrN3O3S. The van der Waals surface area contributed by atoms with Gasteiger partial charge < -0.3 is 5.32 Å². The van der Waals surface area contributed by atoms with Crippen molar-refractivity contribution in [3.63, 3.8) is 0 Å². The molecular weight excluding hydrogens is 430 g/mol. The number of carbonyl (C=O) groups is 1. The van der Waals surface area contributed by atoms with Crippen LogP contribution in [0.5, 0.6) is 0 Å². The van der Waals surface area contributed by atoms with Crippen LogP contribution in [0, 0.1) is 6.92 Å². The van der Waals surface area contributed by atoms with Crippen LogP contribution < -0.4 is 5.32 Å². The molecule has 1 amide bonds. The van der Waals surface area contributed by atoms with Crippen molar-refractivity contribution in [2.24, 2.45) is 0 Å². The molecule has 8 heteroatoms. The summed E-state index contributed by atoms with van der Waals surface area (Å²) in [6.45, 7) is 4.20. The number of piperazine rings is 1. The highest BCUT2D eigenvalue weighted by Gasteiger charge is 2.29. The van der Waals surface area contributed by atoms with E-state index in [1.807, 2.05) is 11.8 Å². The molecule has 1 heterocycles. The van der Waals surface area contributed by atoms with Crippen molar-refractivity contribution in [1.82, 2.24) is 14.5 Å². The average molecular weight is 458 g/mol. The molecule has 2 fully saturated rings. The molecule has 1 aliphatic heterocycles.